The Morgan fingerprint density at radius 2 is 1.89 bits per heavy atom. The molecule has 3 aromatic rings. The highest BCUT2D eigenvalue weighted by Crippen LogP contribution is 2.39. The third kappa shape index (κ3) is 4.95. The molecule has 1 amide bonds. The van der Waals surface area contributed by atoms with E-state index in [1.807, 2.05) is 46.2 Å². The lowest BCUT2D eigenvalue weighted by Crippen LogP contribution is -2.51. The van der Waals surface area contributed by atoms with Crippen LogP contribution in [0.3, 0.4) is 0 Å². The number of piperazine rings is 1. The van der Waals surface area contributed by atoms with Crippen LogP contribution in [0.25, 0.3) is 11.6 Å². The van der Waals surface area contributed by atoms with Crippen molar-refractivity contribution in [1.82, 2.24) is 24.3 Å². The summed E-state index contributed by atoms with van der Waals surface area (Å²) >= 11 is 0. The molecular weight excluding hydrogens is 449 g/mol. The lowest BCUT2D eigenvalue weighted by Gasteiger charge is -2.40. The van der Waals surface area contributed by atoms with Gasteiger partial charge in [0.1, 0.15) is 19.3 Å². The summed E-state index contributed by atoms with van der Waals surface area (Å²) in [5.74, 6) is 0.960. The quantitative estimate of drug-likeness (QED) is 0.536. The number of carbonyl (C=O) groups excluding carboxylic acids is 1. The Balaban J connectivity index is 1.50. The van der Waals surface area contributed by atoms with Crippen LogP contribution in [-0.2, 0) is 11.3 Å². The molecule has 2 radical (unpaired) electrons. The molecule has 8 heteroatoms. The average molecular weight is 481 g/mol. The molecule has 1 atom stereocenters. The first kappa shape index (κ1) is 24.3. The van der Waals surface area contributed by atoms with Crippen molar-refractivity contribution >= 4 is 31.1 Å². The van der Waals surface area contributed by atoms with Gasteiger partial charge in [-0.05, 0) is 50.5 Å². The molecule has 1 aliphatic carbocycles. The molecule has 2 aliphatic rings. The molecule has 3 heterocycles. The lowest BCUT2D eigenvalue weighted by molar-refractivity contribution is 0.0118. The van der Waals surface area contributed by atoms with E-state index in [2.05, 4.69) is 44.8 Å². The molecule has 0 bridgehead atoms. The van der Waals surface area contributed by atoms with Crippen LogP contribution in [0.15, 0.2) is 48.9 Å². The maximum absolute atomic E-state index is 12.7. The fourth-order valence-electron chi connectivity index (χ4n) is 5.01. The molecule has 0 N–H and O–H groups in total. The second-order valence-corrected chi connectivity index (χ2v) is 10.5. The van der Waals surface area contributed by atoms with Crippen LogP contribution in [0, 0.1) is 6.92 Å². The zero-order chi connectivity index (χ0) is 25.4. The summed E-state index contributed by atoms with van der Waals surface area (Å²) in [5, 5.41) is 0. The number of carbonyl (C=O) groups is 1. The summed E-state index contributed by atoms with van der Waals surface area (Å²) in [6, 6.07) is 10.5. The SMILES string of the molecule is [B]c1cnc2c(c1)C(Cn1ccnc1C)=Cc1ccccc1C2N1CCN(C(=O)OC(C)(C)C)CC1. The third-order valence-electron chi connectivity index (χ3n) is 6.76. The maximum Gasteiger partial charge on any atom is 0.410 e. The first-order valence-electron chi connectivity index (χ1n) is 12.4. The zero-order valence-electron chi connectivity index (χ0n) is 21.4. The summed E-state index contributed by atoms with van der Waals surface area (Å²) in [6.07, 6.45) is 7.57. The van der Waals surface area contributed by atoms with Crippen molar-refractivity contribution in [2.75, 3.05) is 26.2 Å². The summed E-state index contributed by atoms with van der Waals surface area (Å²) in [6.45, 7) is 11.0. The summed E-state index contributed by atoms with van der Waals surface area (Å²) < 4.78 is 7.74. The molecule has 184 valence electrons. The molecule has 1 aliphatic heterocycles. The minimum Gasteiger partial charge on any atom is -0.444 e. The van der Waals surface area contributed by atoms with E-state index in [0.29, 0.717) is 25.1 Å². The average Bonchev–Trinajstić information content (AvgIpc) is 3.18. The van der Waals surface area contributed by atoms with Gasteiger partial charge in [0, 0.05) is 56.9 Å². The Hall–Kier alpha value is -3.39. The Labute approximate surface area is 214 Å². The number of benzene rings is 1. The van der Waals surface area contributed by atoms with Gasteiger partial charge in [-0.3, -0.25) is 9.88 Å². The van der Waals surface area contributed by atoms with Gasteiger partial charge in [-0.25, -0.2) is 9.78 Å². The van der Waals surface area contributed by atoms with E-state index >= 15 is 0 Å². The standard InChI is InChI=1S/C28H32BN5O2/c1-19-30-9-10-34(19)18-21-15-20-7-5-6-8-23(20)26(25-24(21)16-22(29)17-31-25)32-11-13-33(14-12-32)27(35)36-28(2,3)4/h5-10,15-17,26H,11-14,18H2,1-4H3. The maximum atomic E-state index is 12.7. The fourth-order valence-corrected chi connectivity index (χ4v) is 5.01. The van der Waals surface area contributed by atoms with E-state index in [0.717, 1.165) is 35.7 Å². The molecular formula is C28H32BN5O2. The first-order chi connectivity index (χ1) is 17.2. The number of imidazole rings is 1. The largest absolute Gasteiger partial charge is 0.444 e. The van der Waals surface area contributed by atoms with Gasteiger partial charge in [-0.2, -0.15) is 0 Å². The Bertz CT molecular complexity index is 1300. The molecule has 1 saturated heterocycles. The predicted octanol–water partition coefficient (Wildman–Crippen LogP) is 3.58. The highest BCUT2D eigenvalue weighted by Gasteiger charge is 2.34. The van der Waals surface area contributed by atoms with Crippen LogP contribution >= 0.6 is 0 Å². The third-order valence-corrected chi connectivity index (χ3v) is 6.76. The lowest BCUT2D eigenvalue weighted by atomic mass is 9.90. The van der Waals surface area contributed by atoms with E-state index < -0.39 is 5.60 Å². The second kappa shape index (κ2) is 9.58. The topological polar surface area (TPSA) is 63.5 Å². The number of aromatic nitrogens is 3. The van der Waals surface area contributed by atoms with Crippen molar-refractivity contribution in [3.05, 3.63) is 77.1 Å². The molecule has 1 fully saturated rings. The number of pyridine rings is 1. The number of ether oxygens (including phenoxy) is 1. The number of amides is 1. The normalized spacial score (nSPS) is 18.2. The Kier molecular flexibility index (Phi) is 6.47. The molecule has 2 aromatic heterocycles. The van der Waals surface area contributed by atoms with E-state index in [1.54, 1.807) is 11.1 Å². The number of nitrogens with zero attached hydrogens (tertiary/aromatic N) is 5. The Morgan fingerprint density at radius 3 is 2.58 bits per heavy atom. The van der Waals surface area contributed by atoms with Crippen molar-refractivity contribution in [3.63, 3.8) is 0 Å². The van der Waals surface area contributed by atoms with Crippen LogP contribution in [0.5, 0.6) is 0 Å². The molecule has 1 unspecified atom stereocenters. The van der Waals surface area contributed by atoms with Gasteiger partial charge in [0.05, 0.1) is 11.7 Å². The highest BCUT2D eigenvalue weighted by atomic mass is 16.6. The second-order valence-electron chi connectivity index (χ2n) is 10.5. The minimum absolute atomic E-state index is 0.0461. The Morgan fingerprint density at radius 1 is 1.14 bits per heavy atom. The number of fused-ring (bicyclic) bond motifs is 2. The summed E-state index contributed by atoms with van der Waals surface area (Å²) in [4.78, 5) is 26.2. The predicted molar refractivity (Wildman–Crippen MR) is 142 cm³/mol. The number of rotatable bonds is 3. The molecule has 36 heavy (non-hydrogen) atoms. The van der Waals surface area contributed by atoms with Crippen molar-refractivity contribution < 1.29 is 9.53 Å². The van der Waals surface area contributed by atoms with Gasteiger partial charge in [-0.1, -0.05) is 35.8 Å². The van der Waals surface area contributed by atoms with Crippen LogP contribution in [-0.4, -0.2) is 70.1 Å². The fraction of sp³-hybridized carbons (Fsp3) is 0.393. The molecule has 1 aromatic carbocycles. The van der Waals surface area contributed by atoms with E-state index in [-0.39, 0.29) is 12.1 Å². The van der Waals surface area contributed by atoms with Crippen LogP contribution in [0.4, 0.5) is 4.79 Å². The van der Waals surface area contributed by atoms with Gasteiger partial charge >= 0.3 is 6.09 Å². The van der Waals surface area contributed by atoms with Crippen molar-refractivity contribution in [3.8, 4) is 0 Å². The van der Waals surface area contributed by atoms with Crippen LogP contribution < -0.4 is 5.46 Å². The van der Waals surface area contributed by atoms with E-state index in [1.165, 1.54) is 11.1 Å². The van der Waals surface area contributed by atoms with Crippen molar-refractivity contribution in [1.29, 1.82) is 0 Å². The molecule has 7 nitrogen and oxygen atoms in total. The van der Waals surface area contributed by atoms with Gasteiger partial charge in [-0.15, -0.1) is 0 Å². The van der Waals surface area contributed by atoms with Crippen LogP contribution in [0.1, 0.15) is 55.0 Å². The number of allylic oxidation sites excluding steroid dienone is 1. The van der Waals surface area contributed by atoms with E-state index in [4.69, 9.17) is 17.6 Å². The molecule has 0 spiro atoms. The first-order valence-corrected chi connectivity index (χ1v) is 12.4. The molecule has 0 saturated carbocycles. The summed E-state index contributed by atoms with van der Waals surface area (Å²) in [5.41, 5.74) is 5.70. The zero-order valence-corrected chi connectivity index (χ0v) is 21.4. The number of hydrogen-bond donors (Lipinski definition) is 0. The van der Waals surface area contributed by atoms with Crippen molar-refractivity contribution in [2.24, 2.45) is 0 Å². The summed E-state index contributed by atoms with van der Waals surface area (Å²) in [7, 11) is 6.25. The van der Waals surface area contributed by atoms with E-state index in [9.17, 15) is 4.79 Å². The minimum atomic E-state index is -0.507. The molecule has 5 rings (SSSR count). The van der Waals surface area contributed by atoms with Crippen LogP contribution in [0.2, 0.25) is 0 Å². The van der Waals surface area contributed by atoms with Gasteiger partial charge < -0.3 is 14.2 Å². The monoisotopic (exact) mass is 481 g/mol. The van der Waals surface area contributed by atoms with Gasteiger partial charge in [0.2, 0.25) is 0 Å². The number of aryl methyl sites for hydroxylation is 1. The van der Waals surface area contributed by atoms with Gasteiger partial charge in [0.25, 0.3) is 0 Å². The highest BCUT2D eigenvalue weighted by molar-refractivity contribution is 6.32. The smallest absolute Gasteiger partial charge is 0.410 e. The van der Waals surface area contributed by atoms with Gasteiger partial charge in [0.15, 0.2) is 0 Å². The number of hydrogen-bond acceptors (Lipinski definition) is 5. The van der Waals surface area contributed by atoms with Crippen molar-refractivity contribution in [2.45, 2.75) is 45.9 Å².